The molecule has 1 aromatic rings. The molecule has 0 fully saturated rings. The molecule has 0 aliphatic carbocycles. The third kappa shape index (κ3) is 4.42. The zero-order chi connectivity index (χ0) is 11.1. The highest BCUT2D eigenvalue weighted by Gasteiger charge is 2.06. The average molecular weight is 210 g/mol. The summed E-state index contributed by atoms with van der Waals surface area (Å²) in [5.74, 6) is 0. The third-order valence-electron chi connectivity index (χ3n) is 2.57. The molecule has 4 nitrogen and oxygen atoms in total. The van der Waals surface area contributed by atoms with Crippen LogP contribution in [0.2, 0.25) is 0 Å². The quantitative estimate of drug-likeness (QED) is 0.742. The van der Waals surface area contributed by atoms with Crippen molar-refractivity contribution in [3.8, 4) is 0 Å². The number of nitrogens with one attached hydrogen (secondary N) is 1. The molecule has 0 aliphatic rings. The van der Waals surface area contributed by atoms with E-state index in [0.29, 0.717) is 6.04 Å². The molecule has 0 amide bonds. The van der Waals surface area contributed by atoms with Crippen LogP contribution in [0.1, 0.15) is 38.8 Å². The lowest BCUT2D eigenvalue weighted by Gasteiger charge is -2.15. The fraction of sp³-hybridized carbons (Fsp3) is 0.818. The predicted molar refractivity (Wildman–Crippen MR) is 61.7 cm³/mol. The first-order valence-corrected chi connectivity index (χ1v) is 5.84. The van der Waals surface area contributed by atoms with Gasteiger partial charge in [0.05, 0.1) is 5.69 Å². The van der Waals surface area contributed by atoms with E-state index in [1.165, 1.54) is 12.8 Å². The van der Waals surface area contributed by atoms with Crippen molar-refractivity contribution in [2.45, 2.75) is 45.6 Å². The topological polar surface area (TPSA) is 42.7 Å². The molecule has 0 bridgehead atoms. The molecule has 86 valence electrons. The molecule has 1 N–H and O–H groups in total. The number of hydrogen-bond acceptors (Lipinski definition) is 3. The fourth-order valence-electron chi connectivity index (χ4n) is 1.63. The Morgan fingerprint density at radius 3 is 2.80 bits per heavy atom. The van der Waals surface area contributed by atoms with Crippen molar-refractivity contribution >= 4 is 0 Å². The predicted octanol–water partition coefficient (Wildman–Crippen LogP) is 1.53. The summed E-state index contributed by atoms with van der Waals surface area (Å²) in [5.41, 5.74) is 1.09. The normalized spacial score (nSPS) is 13.0. The molecule has 0 saturated carbocycles. The SMILES string of the molecule is CCCNC(CC)CCc1cn(C)nn1. The van der Waals surface area contributed by atoms with Crippen LogP contribution in [0.3, 0.4) is 0 Å². The van der Waals surface area contributed by atoms with Gasteiger partial charge >= 0.3 is 0 Å². The number of nitrogens with zero attached hydrogens (tertiary/aromatic N) is 3. The van der Waals surface area contributed by atoms with E-state index in [2.05, 4.69) is 29.5 Å². The molecule has 1 unspecified atom stereocenters. The molecular formula is C11H22N4. The van der Waals surface area contributed by atoms with E-state index >= 15 is 0 Å². The summed E-state index contributed by atoms with van der Waals surface area (Å²) in [6.07, 6.45) is 6.53. The van der Waals surface area contributed by atoms with Gasteiger partial charge in [0.1, 0.15) is 0 Å². The van der Waals surface area contributed by atoms with Gasteiger partial charge in [-0.15, -0.1) is 5.10 Å². The Hall–Kier alpha value is -0.900. The van der Waals surface area contributed by atoms with Crippen LogP contribution in [-0.4, -0.2) is 27.6 Å². The summed E-state index contributed by atoms with van der Waals surface area (Å²) in [5, 5.41) is 11.6. The molecular weight excluding hydrogens is 188 g/mol. The molecule has 0 spiro atoms. The van der Waals surface area contributed by atoms with Crippen LogP contribution < -0.4 is 5.32 Å². The Morgan fingerprint density at radius 1 is 1.47 bits per heavy atom. The van der Waals surface area contributed by atoms with E-state index in [1.807, 2.05) is 13.2 Å². The van der Waals surface area contributed by atoms with Crippen molar-refractivity contribution in [2.24, 2.45) is 7.05 Å². The van der Waals surface area contributed by atoms with Crippen molar-refractivity contribution in [3.05, 3.63) is 11.9 Å². The van der Waals surface area contributed by atoms with Gasteiger partial charge in [0.2, 0.25) is 0 Å². The summed E-state index contributed by atoms with van der Waals surface area (Å²) < 4.78 is 1.76. The second-order valence-corrected chi connectivity index (χ2v) is 3.98. The minimum Gasteiger partial charge on any atom is -0.314 e. The van der Waals surface area contributed by atoms with E-state index in [-0.39, 0.29) is 0 Å². The van der Waals surface area contributed by atoms with Crippen molar-refractivity contribution in [3.63, 3.8) is 0 Å². The van der Waals surface area contributed by atoms with Crippen LogP contribution in [0, 0.1) is 0 Å². The number of aromatic nitrogens is 3. The van der Waals surface area contributed by atoms with Crippen molar-refractivity contribution in [2.75, 3.05) is 6.54 Å². The Labute approximate surface area is 92.1 Å². The van der Waals surface area contributed by atoms with Gasteiger partial charge < -0.3 is 5.32 Å². The number of aryl methyl sites for hydroxylation is 2. The van der Waals surface area contributed by atoms with Gasteiger partial charge in [0.25, 0.3) is 0 Å². The van der Waals surface area contributed by atoms with Gasteiger partial charge in [0.15, 0.2) is 0 Å². The lowest BCUT2D eigenvalue weighted by atomic mass is 10.1. The molecule has 0 saturated heterocycles. The molecule has 1 atom stereocenters. The zero-order valence-electron chi connectivity index (χ0n) is 10.0. The summed E-state index contributed by atoms with van der Waals surface area (Å²) in [6, 6.07) is 0.618. The average Bonchev–Trinajstić information content (AvgIpc) is 2.65. The monoisotopic (exact) mass is 210 g/mol. The molecule has 15 heavy (non-hydrogen) atoms. The molecule has 1 rings (SSSR count). The summed E-state index contributed by atoms with van der Waals surface area (Å²) in [6.45, 7) is 5.53. The van der Waals surface area contributed by atoms with Gasteiger partial charge in [-0.2, -0.15) is 0 Å². The number of hydrogen-bond donors (Lipinski definition) is 1. The minimum atomic E-state index is 0.618. The van der Waals surface area contributed by atoms with Gasteiger partial charge in [-0.3, -0.25) is 4.68 Å². The maximum absolute atomic E-state index is 4.09. The van der Waals surface area contributed by atoms with E-state index in [9.17, 15) is 0 Å². The maximum Gasteiger partial charge on any atom is 0.0827 e. The molecule has 0 radical (unpaired) electrons. The largest absolute Gasteiger partial charge is 0.314 e. The molecule has 0 aromatic carbocycles. The van der Waals surface area contributed by atoms with Gasteiger partial charge in [-0.05, 0) is 32.2 Å². The second-order valence-electron chi connectivity index (χ2n) is 3.98. The molecule has 1 aromatic heterocycles. The van der Waals surface area contributed by atoms with Crippen LogP contribution in [0.15, 0.2) is 6.20 Å². The van der Waals surface area contributed by atoms with Crippen LogP contribution in [-0.2, 0) is 13.5 Å². The maximum atomic E-state index is 4.09. The molecule has 0 aliphatic heterocycles. The second kappa shape index (κ2) is 6.56. The van der Waals surface area contributed by atoms with Gasteiger partial charge in [-0.25, -0.2) is 0 Å². The Bertz CT molecular complexity index is 269. The summed E-state index contributed by atoms with van der Waals surface area (Å²) in [4.78, 5) is 0. The molecule has 4 heteroatoms. The Balaban J connectivity index is 2.27. The lowest BCUT2D eigenvalue weighted by molar-refractivity contribution is 0.466. The smallest absolute Gasteiger partial charge is 0.0827 e. The first-order valence-electron chi connectivity index (χ1n) is 5.84. The first kappa shape index (κ1) is 12.2. The van der Waals surface area contributed by atoms with Gasteiger partial charge in [0, 0.05) is 19.3 Å². The van der Waals surface area contributed by atoms with Crippen molar-refractivity contribution in [1.29, 1.82) is 0 Å². The Morgan fingerprint density at radius 2 is 2.27 bits per heavy atom. The Kier molecular flexibility index (Phi) is 5.32. The van der Waals surface area contributed by atoms with Gasteiger partial charge in [-0.1, -0.05) is 19.1 Å². The van der Waals surface area contributed by atoms with E-state index in [1.54, 1.807) is 4.68 Å². The van der Waals surface area contributed by atoms with E-state index < -0.39 is 0 Å². The first-order chi connectivity index (χ1) is 7.26. The molecule has 1 heterocycles. The highest BCUT2D eigenvalue weighted by atomic mass is 15.4. The van der Waals surface area contributed by atoms with Crippen molar-refractivity contribution in [1.82, 2.24) is 20.3 Å². The van der Waals surface area contributed by atoms with Crippen LogP contribution in [0.5, 0.6) is 0 Å². The highest BCUT2D eigenvalue weighted by Crippen LogP contribution is 2.04. The third-order valence-corrected chi connectivity index (χ3v) is 2.57. The zero-order valence-corrected chi connectivity index (χ0v) is 10.0. The van der Waals surface area contributed by atoms with Crippen LogP contribution in [0.25, 0.3) is 0 Å². The minimum absolute atomic E-state index is 0.618. The van der Waals surface area contributed by atoms with E-state index in [4.69, 9.17) is 0 Å². The summed E-state index contributed by atoms with van der Waals surface area (Å²) in [7, 11) is 1.91. The standard InChI is InChI=1S/C11H22N4/c1-4-8-12-10(5-2)6-7-11-9-15(3)14-13-11/h9-10,12H,4-8H2,1-3H3. The van der Waals surface area contributed by atoms with Crippen molar-refractivity contribution < 1.29 is 0 Å². The van der Waals surface area contributed by atoms with Crippen LogP contribution in [0.4, 0.5) is 0 Å². The highest BCUT2D eigenvalue weighted by molar-refractivity contribution is 4.92. The summed E-state index contributed by atoms with van der Waals surface area (Å²) >= 11 is 0. The lowest BCUT2D eigenvalue weighted by Crippen LogP contribution is -2.29. The number of rotatable bonds is 7. The van der Waals surface area contributed by atoms with Crippen LogP contribution >= 0.6 is 0 Å². The fourth-order valence-corrected chi connectivity index (χ4v) is 1.63. The van der Waals surface area contributed by atoms with E-state index in [0.717, 1.165) is 25.1 Å².